The smallest absolute Gasteiger partial charge is 0.202 e. The number of methoxy groups -OCH3 is 1. The summed E-state index contributed by atoms with van der Waals surface area (Å²) in [6, 6.07) is 4.66. The number of phenols is 2. The maximum atomic E-state index is 13.3. The number of aliphatic hydroxyl groups is 1. The van der Waals surface area contributed by atoms with Gasteiger partial charge in [-0.25, -0.2) is 0 Å². The van der Waals surface area contributed by atoms with Crippen LogP contribution in [0.4, 0.5) is 0 Å². The number of ether oxygens (including phenoxy) is 1. The van der Waals surface area contributed by atoms with Crippen LogP contribution in [-0.2, 0) is 12.8 Å². The number of hydrogen-bond donors (Lipinski definition) is 3. The van der Waals surface area contributed by atoms with Crippen LogP contribution >= 0.6 is 0 Å². The van der Waals surface area contributed by atoms with E-state index >= 15 is 0 Å². The highest BCUT2D eigenvalue weighted by molar-refractivity contribution is 6.83. The van der Waals surface area contributed by atoms with Gasteiger partial charge in [0.25, 0.3) is 0 Å². The Kier molecular flexibility index (Phi) is 4.76. The van der Waals surface area contributed by atoms with Crippen LogP contribution in [-0.4, -0.2) is 47.7 Å². The molecule has 0 spiro atoms. The van der Waals surface area contributed by atoms with Crippen LogP contribution in [0.3, 0.4) is 0 Å². The zero-order chi connectivity index (χ0) is 22.7. The van der Waals surface area contributed by atoms with Crippen LogP contribution < -0.4 is 4.74 Å². The molecule has 0 aliphatic heterocycles. The number of hydrogen-bond acceptors (Lipinski definition) is 6. The van der Waals surface area contributed by atoms with E-state index in [0.717, 1.165) is 0 Å². The second-order valence-corrected chi connectivity index (χ2v) is 13.9. The monoisotopic (exact) mass is 436 g/mol. The maximum Gasteiger partial charge on any atom is 0.202 e. The van der Waals surface area contributed by atoms with E-state index in [1.165, 1.54) is 13.2 Å². The van der Waals surface area contributed by atoms with Crippen molar-refractivity contribution in [2.75, 3.05) is 7.11 Å². The van der Waals surface area contributed by atoms with Gasteiger partial charge in [0.2, 0.25) is 5.78 Å². The van der Waals surface area contributed by atoms with E-state index in [1.54, 1.807) is 12.1 Å². The molecule has 0 heterocycles. The van der Waals surface area contributed by atoms with Crippen molar-refractivity contribution in [2.24, 2.45) is 0 Å². The molecular formula is C24H24O6Si. The number of rotatable bonds is 1. The van der Waals surface area contributed by atoms with Crippen LogP contribution in [0.25, 0.3) is 0 Å². The van der Waals surface area contributed by atoms with E-state index in [2.05, 4.69) is 31.1 Å². The summed E-state index contributed by atoms with van der Waals surface area (Å²) in [6.07, 6.45) is 0.448. The highest BCUT2D eigenvalue weighted by Gasteiger charge is 2.42. The number of carbonyl (C=O) groups excluding carboxylic acids is 2. The van der Waals surface area contributed by atoms with E-state index in [-0.39, 0.29) is 64.3 Å². The molecule has 2 aliphatic rings. The maximum absolute atomic E-state index is 13.3. The summed E-state index contributed by atoms with van der Waals surface area (Å²) >= 11 is 0. The van der Waals surface area contributed by atoms with Crippen molar-refractivity contribution in [3.63, 3.8) is 0 Å². The van der Waals surface area contributed by atoms with Gasteiger partial charge in [-0.05, 0) is 18.9 Å². The zero-order valence-electron chi connectivity index (χ0n) is 17.9. The number of benzene rings is 2. The summed E-state index contributed by atoms with van der Waals surface area (Å²) in [6.45, 7) is 6.20. The minimum atomic E-state index is -1.74. The number of carbonyl (C=O) groups is 2. The SMILES string of the molecule is COc1cccc2c1C(=O)c1c(O)c3c(c(O)c1C2=O)CC(O)(C#C[Si](C)(C)C)CC3. The third-order valence-electron chi connectivity index (χ3n) is 5.76. The van der Waals surface area contributed by atoms with Crippen molar-refractivity contribution in [3.8, 4) is 28.7 Å². The van der Waals surface area contributed by atoms with Crippen molar-refractivity contribution in [1.82, 2.24) is 0 Å². The Bertz CT molecular complexity index is 1210. The van der Waals surface area contributed by atoms with Gasteiger partial charge >= 0.3 is 0 Å². The molecule has 2 aromatic carbocycles. The first-order valence-corrected chi connectivity index (χ1v) is 13.6. The van der Waals surface area contributed by atoms with Gasteiger partial charge in [0.15, 0.2) is 5.78 Å². The molecule has 6 nitrogen and oxygen atoms in total. The molecule has 2 aromatic rings. The fourth-order valence-corrected chi connectivity index (χ4v) is 4.84. The minimum Gasteiger partial charge on any atom is -0.507 e. The molecule has 0 saturated carbocycles. The molecule has 31 heavy (non-hydrogen) atoms. The summed E-state index contributed by atoms with van der Waals surface area (Å²) in [5, 5.41) is 33.0. The van der Waals surface area contributed by atoms with Crippen LogP contribution in [0.5, 0.6) is 17.2 Å². The van der Waals surface area contributed by atoms with Gasteiger partial charge in [-0.1, -0.05) is 37.7 Å². The molecular weight excluding hydrogens is 412 g/mol. The van der Waals surface area contributed by atoms with Crippen molar-refractivity contribution < 1.29 is 29.6 Å². The molecule has 2 aliphatic carbocycles. The predicted octanol–water partition coefficient (Wildman–Crippen LogP) is 2.98. The number of fused-ring (bicyclic) bond motifs is 3. The van der Waals surface area contributed by atoms with Gasteiger partial charge in [0.05, 0.1) is 23.8 Å². The molecule has 7 heteroatoms. The molecule has 1 atom stereocenters. The molecule has 0 saturated heterocycles. The van der Waals surface area contributed by atoms with E-state index in [9.17, 15) is 24.9 Å². The average Bonchev–Trinajstić information content (AvgIpc) is 2.72. The third-order valence-corrected chi connectivity index (χ3v) is 6.63. The summed E-state index contributed by atoms with van der Waals surface area (Å²) in [4.78, 5) is 26.5. The average molecular weight is 437 g/mol. The summed E-state index contributed by atoms with van der Waals surface area (Å²) in [5.74, 6) is 1.36. The molecule has 0 aromatic heterocycles. The molecule has 0 bridgehead atoms. The second kappa shape index (κ2) is 6.97. The largest absolute Gasteiger partial charge is 0.507 e. The number of aromatic hydroxyl groups is 2. The van der Waals surface area contributed by atoms with Crippen LogP contribution in [0.15, 0.2) is 18.2 Å². The lowest BCUT2D eigenvalue weighted by molar-refractivity contribution is 0.0844. The lowest BCUT2D eigenvalue weighted by atomic mass is 9.74. The summed E-state index contributed by atoms with van der Waals surface area (Å²) < 4.78 is 5.25. The van der Waals surface area contributed by atoms with Gasteiger partial charge in [-0.3, -0.25) is 9.59 Å². The van der Waals surface area contributed by atoms with Gasteiger partial charge in [-0.2, -0.15) is 0 Å². The van der Waals surface area contributed by atoms with Gasteiger partial charge in [0.1, 0.15) is 30.9 Å². The Morgan fingerprint density at radius 1 is 1.00 bits per heavy atom. The van der Waals surface area contributed by atoms with E-state index in [1.807, 2.05) is 0 Å². The van der Waals surface area contributed by atoms with Crippen molar-refractivity contribution in [1.29, 1.82) is 0 Å². The van der Waals surface area contributed by atoms with Gasteiger partial charge < -0.3 is 20.1 Å². The highest BCUT2D eigenvalue weighted by Crippen LogP contribution is 2.47. The molecule has 0 fully saturated rings. The fraction of sp³-hybridized carbons (Fsp3) is 0.333. The van der Waals surface area contributed by atoms with Crippen molar-refractivity contribution >= 4 is 19.6 Å². The molecule has 1 unspecified atom stereocenters. The minimum absolute atomic E-state index is 0.0288. The zero-order valence-corrected chi connectivity index (χ0v) is 18.9. The van der Waals surface area contributed by atoms with Crippen molar-refractivity contribution in [2.45, 2.75) is 44.5 Å². The molecule has 160 valence electrons. The first-order valence-electron chi connectivity index (χ1n) is 10.1. The quantitative estimate of drug-likeness (QED) is 0.308. The Morgan fingerprint density at radius 3 is 2.29 bits per heavy atom. The number of phenolic OH excluding ortho intramolecular Hbond substituents is 2. The third kappa shape index (κ3) is 3.32. The van der Waals surface area contributed by atoms with Gasteiger partial charge in [0, 0.05) is 23.1 Å². The standard InChI is InChI=1S/C24H24O6Si/c1-30-16-7-5-6-14-17(16)23(28)19-18(21(14)26)22(27)15-12-24(29,10-11-31(2,3)4)9-8-13(15)20(19)25/h5-7,25,27,29H,8-9,12H2,1-4H3. The molecule has 4 rings (SSSR count). The lowest BCUT2D eigenvalue weighted by Crippen LogP contribution is -2.36. The van der Waals surface area contributed by atoms with Crippen molar-refractivity contribution in [3.05, 3.63) is 51.6 Å². The van der Waals surface area contributed by atoms with E-state index in [0.29, 0.717) is 5.56 Å². The van der Waals surface area contributed by atoms with Crippen LogP contribution in [0, 0.1) is 11.5 Å². The molecule has 0 radical (unpaired) electrons. The Hall–Kier alpha value is -3.08. The molecule has 3 N–H and O–H groups in total. The van der Waals surface area contributed by atoms with Crippen LogP contribution in [0.2, 0.25) is 19.6 Å². The van der Waals surface area contributed by atoms with Crippen LogP contribution in [0.1, 0.15) is 49.4 Å². The number of ketones is 2. The normalized spacial score (nSPS) is 19.6. The summed E-state index contributed by atoms with van der Waals surface area (Å²) in [7, 11) is -0.342. The molecule has 0 amide bonds. The highest BCUT2D eigenvalue weighted by atomic mass is 28.3. The Morgan fingerprint density at radius 2 is 1.65 bits per heavy atom. The Labute approximate surface area is 181 Å². The van der Waals surface area contributed by atoms with E-state index in [4.69, 9.17) is 4.74 Å². The van der Waals surface area contributed by atoms with Gasteiger partial charge in [-0.15, -0.1) is 5.54 Å². The van der Waals surface area contributed by atoms with E-state index < -0.39 is 25.2 Å². The predicted molar refractivity (Wildman–Crippen MR) is 118 cm³/mol. The second-order valence-electron chi connectivity index (χ2n) is 9.15. The fourth-order valence-electron chi connectivity index (χ4n) is 4.23. The topological polar surface area (TPSA) is 104 Å². The first kappa shape index (κ1) is 21.2. The summed E-state index contributed by atoms with van der Waals surface area (Å²) in [5.41, 5.74) is 2.17. The first-order chi connectivity index (χ1) is 14.5. The lowest BCUT2D eigenvalue weighted by Gasteiger charge is -2.32. The Balaban J connectivity index is 1.91.